The topological polar surface area (TPSA) is 28.7 Å². The molecule has 0 fully saturated rings. The fraction of sp³-hybridized carbons (Fsp3) is 0.222. The Labute approximate surface area is 107 Å². The van der Waals surface area contributed by atoms with Crippen molar-refractivity contribution in [3.8, 4) is 0 Å². The van der Waals surface area contributed by atoms with Gasteiger partial charge in [-0.1, -0.05) is 15.9 Å². The molecule has 80 valence electrons. The van der Waals surface area contributed by atoms with E-state index in [0.29, 0.717) is 19.1 Å². The van der Waals surface area contributed by atoms with Crippen LogP contribution in [-0.4, -0.2) is 10.2 Å². The maximum Gasteiger partial charge on any atom is 0.271 e. The maximum atomic E-state index is 13.4. The number of hydrogen-bond donors (Lipinski definition) is 1. The van der Waals surface area contributed by atoms with Gasteiger partial charge < -0.3 is 0 Å². The van der Waals surface area contributed by atoms with Crippen LogP contribution in [0.25, 0.3) is 10.9 Å². The minimum Gasteiger partial charge on any atom is -0.271 e. The molecule has 0 saturated carbocycles. The summed E-state index contributed by atoms with van der Waals surface area (Å²) in [5.74, 6) is -2.87. The molecule has 0 aliphatic carbocycles. The number of aromatic nitrogens is 2. The lowest BCUT2D eigenvalue weighted by Crippen LogP contribution is -2.07. The molecular weight excluding hydrogens is 381 g/mol. The Morgan fingerprint density at radius 3 is 2.73 bits per heavy atom. The number of aromatic amines is 1. The van der Waals surface area contributed by atoms with Crippen LogP contribution in [0.2, 0.25) is 0 Å². The Kier molecular flexibility index (Phi) is 2.74. The van der Waals surface area contributed by atoms with Crippen molar-refractivity contribution in [2.75, 3.05) is 0 Å². The van der Waals surface area contributed by atoms with Crippen molar-refractivity contribution in [1.82, 2.24) is 10.2 Å². The van der Waals surface area contributed by atoms with Gasteiger partial charge in [-0.25, -0.2) is 8.78 Å². The highest BCUT2D eigenvalue weighted by molar-refractivity contribution is 14.1. The van der Waals surface area contributed by atoms with E-state index in [9.17, 15) is 8.78 Å². The predicted molar refractivity (Wildman–Crippen MR) is 66.1 cm³/mol. The summed E-state index contributed by atoms with van der Waals surface area (Å²) in [6.45, 7) is 0.886. The van der Waals surface area contributed by atoms with Crippen molar-refractivity contribution in [2.24, 2.45) is 0 Å². The molecule has 1 heterocycles. The van der Waals surface area contributed by atoms with E-state index < -0.39 is 5.92 Å². The summed E-state index contributed by atoms with van der Waals surface area (Å²) >= 11 is 5.16. The molecule has 0 atom stereocenters. The first kappa shape index (κ1) is 11.3. The maximum absolute atomic E-state index is 13.4. The van der Waals surface area contributed by atoms with Gasteiger partial charge in [-0.3, -0.25) is 5.10 Å². The van der Waals surface area contributed by atoms with E-state index in [1.54, 1.807) is 6.07 Å². The summed E-state index contributed by atoms with van der Waals surface area (Å²) in [6, 6.07) is 3.14. The molecule has 0 unspecified atom stereocenters. The van der Waals surface area contributed by atoms with Crippen LogP contribution >= 0.6 is 38.5 Å². The molecule has 2 rings (SSSR count). The van der Waals surface area contributed by atoms with Gasteiger partial charge >= 0.3 is 0 Å². The predicted octanol–water partition coefficient (Wildman–Crippen LogP) is 4.04. The number of nitrogens with zero attached hydrogens (tertiary/aromatic N) is 1. The normalized spacial score (nSPS) is 12.3. The molecule has 1 aromatic carbocycles. The summed E-state index contributed by atoms with van der Waals surface area (Å²) in [5, 5.41) is 7.15. The molecule has 1 N–H and O–H groups in total. The zero-order valence-electron chi connectivity index (χ0n) is 7.61. The summed E-state index contributed by atoms with van der Waals surface area (Å²) in [4.78, 5) is 0. The number of benzene rings is 1. The summed E-state index contributed by atoms with van der Waals surface area (Å²) in [7, 11) is 0. The second-order valence-corrected chi connectivity index (χ2v) is 5.27. The van der Waals surface area contributed by atoms with Gasteiger partial charge in [0.15, 0.2) is 0 Å². The van der Waals surface area contributed by atoms with Crippen LogP contribution in [-0.2, 0) is 5.92 Å². The van der Waals surface area contributed by atoms with Gasteiger partial charge in [-0.05, 0) is 34.7 Å². The minimum atomic E-state index is -2.87. The van der Waals surface area contributed by atoms with Gasteiger partial charge in [-0.2, -0.15) is 5.10 Å². The monoisotopic (exact) mass is 386 g/mol. The lowest BCUT2D eigenvalue weighted by Gasteiger charge is -2.12. The van der Waals surface area contributed by atoms with E-state index in [1.165, 1.54) is 6.07 Å². The summed E-state index contributed by atoms with van der Waals surface area (Å²) < 4.78 is 27.9. The molecular formula is C9H6BrF2IN2. The first-order chi connectivity index (χ1) is 6.89. The Bertz CT molecular complexity index is 519. The molecule has 15 heavy (non-hydrogen) atoms. The third kappa shape index (κ3) is 2.01. The molecule has 0 spiro atoms. The number of fused-ring (bicyclic) bond motifs is 1. The standard InChI is InChI=1S/C9H6BrF2IN2/c1-9(11,12)5-2-4(10)3-6-7(5)8(13)15-14-6/h2-3H,1H3,(H,14,15). The molecule has 2 aromatic rings. The second kappa shape index (κ2) is 3.65. The number of hydrogen-bond acceptors (Lipinski definition) is 1. The third-order valence-electron chi connectivity index (χ3n) is 2.05. The molecule has 0 saturated heterocycles. The van der Waals surface area contributed by atoms with Crippen LogP contribution in [0.15, 0.2) is 16.6 Å². The van der Waals surface area contributed by atoms with Crippen molar-refractivity contribution >= 4 is 49.4 Å². The van der Waals surface area contributed by atoms with Crippen molar-refractivity contribution < 1.29 is 8.78 Å². The summed E-state index contributed by atoms with van der Waals surface area (Å²) in [6.07, 6.45) is 0. The Morgan fingerprint density at radius 1 is 1.47 bits per heavy atom. The minimum absolute atomic E-state index is 0.00924. The number of H-pyrrole nitrogens is 1. The van der Waals surface area contributed by atoms with Gasteiger partial charge in [0.25, 0.3) is 5.92 Å². The van der Waals surface area contributed by atoms with Gasteiger partial charge in [0.05, 0.1) is 5.52 Å². The van der Waals surface area contributed by atoms with Crippen LogP contribution in [0.3, 0.4) is 0 Å². The van der Waals surface area contributed by atoms with Crippen molar-refractivity contribution in [1.29, 1.82) is 0 Å². The first-order valence-electron chi connectivity index (χ1n) is 4.11. The summed E-state index contributed by atoms with van der Waals surface area (Å²) in [5.41, 5.74) is 0.537. The fourth-order valence-corrected chi connectivity index (χ4v) is 2.56. The van der Waals surface area contributed by atoms with Crippen LogP contribution in [0.1, 0.15) is 12.5 Å². The van der Waals surface area contributed by atoms with Crippen molar-refractivity contribution in [3.63, 3.8) is 0 Å². The van der Waals surface area contributed by atoms with Crippen molar-refractivity contribution in [2.45, 2.75) is 12.8 Å². The zero-order chi connectivity index (χ0) is 11.2. The average Bonchev–Trinajstić information content (AvgIpc) is 2.44. The largest absolute Gasteiger partial charge is 0.271 e. The van der Waals surface area contributed by atoms with Gasteiger partial charge in [0.1, 0.15) is 3.70 Å². The lowest BCUT2D eigenvalue weighted by molar-refractivity contribution is 0.0190. The fourth-order valence-electron chi connectivity index (χ4n) is 1.42. The van der Waals surface area contributed by atoms with E-state index in [-0.39, 0.29) is 5.56 Å². The van der Waals surface area contributed by atoms with Crippen LogP contribution < -0.4 is 0 Å². The first-order valence-corrected chi connectivity index (χ1v) is 5.98. The van der Waals surface area contributed by atoms with Crippen LogP contribution in [0.5, 0.6) is 0 Å². The molecule has 6 heteroatoms. The van der Waals surface area contributed by atoms with Gasteiger partial charge in [0, 0.05) is 22.3 Å². The second-order valence-electron chi connectivity index (χ2n) is 3.27. The molecule has 0 aliphatic heterocycles. The smallest absolute Gasteiger partial charge is 0.271 e. The highest BCUT2D eigenvalue weighted by Crippen LogP contribution is 2.36. The highest BCUT2D eigenvalue weighted by Gasteiger charge is 2.29. The van der Waals surface area contributed by atoms with Crippen LogP contribution in [0, 0.1) is 3.70 Å². The molecule has 0 amide bonds. The Balaban J connectivity index is 2.87. The number of rotatable bonds is 1. The van der Waals surface area contributed by atoms with E-state index in [0.717, 1.165) is 6.92 Å². The lowest BCUT2D eigenvalue weighted by atomic mass is 10.1. The van der Waals surface area contributed by atoms with Gasteiger partial charge in [-0.15, -0.1) is 0 Å². The average molecular weight is 387 g/mol. The molecule has 0 bridgehead atoms. The van der Waals surface area contributed by atoms with E-state index in [1.807, 2.05) is 22.6 Å². The van der Waals surface area contributed by atoms with E-state index in [2.05, 4.69) is 26.1 Å². The molecule has 0 aliphatic rings. The molecule has 0 radical (unpaired) electrons. The number of alkyl halides is 2. The highest BCUT2D eigenvalue weighted by atomic mass is 127. The van der Waals surface area contributed by atoms with E-state index in [4.69, 9.17) is 0 Å². The quantitative estimate of drug-likeness (QED) is 0.736. The molecule has 2 nitrogen and oxygen atoms in total. The number of halogens is 4. The number of nitrogens with one attached hydrogen (secondary N) is 1. The Hall–Kier alpha value is -0.240. The SMILES string of the molecule is CC(F)(F)c1cc(Br)cc2n[nH]c(I)c12. The van der Waals surface area contributed by atoms with Crippen LogP contribution in [0.4, 0.5) is 8.78 Å². The zero-order valence-corrected chi connectivity index (χ0v) is 11.4. The van der Waals surface area contributed by atoms with E-state index >= 15 is 0 Å². The van der Waals surface area contributed by atoms with Gasteiger partial charge in [0.2, 0.25) is 0 Å². The third-order valence-corrected chi connectivity index (χ3v) is 3.29. The Morgan fingerprint density at radius 2 is 2.13 bits per heavy atom. The molecule has 1 aromatic heterocycles. The van der Waals surface area contributed by atoms with Crippen molar-refractivity contribution in [3.05, 3.63) is 25.9 Å².